The highest BCUT2D eigenvalue weighted by molar-refractivity contribution is 5.30. The summed E-state index contributed by atoms with van der Waals surface area (Å²) in [5, 5.41) is 0. The molecule has 2 aromatic rings. The summed E-state index contributed by atoms with van der Waals surface area (Å²) >= 11 is 0. The summed E-state index contributed by atoms with van der Waals surface area (Å²) in [6, 6.07) is 1.62. The zero-order valence-electron chi connectivity index (χ0n) is 14.8. The molecule has 0 spiro atoms. The molecule has 0 bridgehead atoms. The van der Waals surface area contributed by atoms with E-state index < -0.39 is 0 Å². The molecule has 2 fully saturated rings. The lowest BCUT2D eigenvalue weighted by atomic mass is 9.94. The fourth-order valence-electron chi connectivity index (χ4n) is 3.66. The minimum Gasteiger partial charge on any atom is -0.378 e. The maximum atomic E-state index is 11.5. The third-order valence-electron chi connectivity index (χ3n) is 5.01. The largest absolute Gasteiger partial charge is 0.378 e. The fraction of sp³-hybridized carbons (Fsp3) is 0.556. The van der Waals surface area contributed by atoms with Crippen LogP contribution in [0.15, 0.2) is 29.6 Å². The van der Waals surface area contributed by atoms with Crippen LogP contribution in [0.5, 0.6) is 0 Å². The average molecular weight is 356 g/mol. The highest BCUT2D eigenvalue weighted by atomic mass is 16.5. The standard InChI is InChI=1S/C18H24N6O2/c25-17-8-16(21-13-22-17)15-2-1-3-23(12-15)11-14-9-19-18(20-10-14)24-4-6-26-7-5-24/h8-10,13,15H,1-7,11-12H2,(H,21,22,25). The van der Waals surface area contributed by atoms with Crippen molar-refractivity contribution in [1.29, 1.82) is 0 Å². The Morgan fingerprint density at radius 2 is 1.96 bits per heavy atom. The molecule has 4 heterocycles. The van der Waals surface area contributed by atoms with Crippen LogP contribution < -0.4 is 10.5 Å². The SMILES string of the molecule is O=c1cc(C2CCCN(Cc3cnc(N4CCOCC4)nc3)C2)nc[nH]1. The van der Waals surface area contributed by atoms with E-state index in [1.165, 1.54) is 6.33 Å². The average Bonchev–Trinajstić information content (AvgIpc) is 2.69. The number of hydrogen-bond donors (Lipinski definition) is 1. The summed E-state index contributed by atoms with van der Waals surface area (Å²) in [5.74, 6) is 1.08. The smallest absolute Gasteiger partial charge is 0.250 e. The van der Waals surface area contributed by atoms with Crippen molar-refractivity contribution in [3.63, 3.8) is 0 Å². The number of anilines is 1. The van der Waals surface area contributed by atoms with Crippen molar-refractivity contribution in [2.45, 2.75) is 25.3 Å². The van der Waals surface area contributed by atoms with Gasteiger partial charge in [0.2, 0.25) is 5.95 Å². The monoisotopic (exact) mass is 356 g/mol. The van der Waals surface area contributed by atoms with Crippen LogP contribution >= 0.6 is 0 Å². The minimum absolute atomic E-state index is 0.0841. The van der Waals surface area contributed by atoms with Crippen molar-refractivity contribution in [1.82, 2.24) is 24.8 Å². The van der Waals surface area contributed by atoms with Crippen molar-refractivity contribution in [2.24, 2.45) is 0 Å². The molecule has 0 amide bonds. The maximum absolute atomic E-state index is 11.5. The zero-order chi connectivity index (χ0) is 17.8. The van der Waals surface area contributed by atoms with Gasteiger partial charge in [-0.1, -0.05) is 0 Å². The summed E-state index contributed by atoms with van der Waals surface area (Å²) in [4.78, 5) is 32.1. The van der Waals surface area contributed by atoms with Gasteiger partial charge in [-0.15, -0.1) is 0 Å². The van der Waals surface area contributed by atoms with Gasteiger partial charge in [0.05, 0.1) is 25.2 Å². The van der Waals surface area contributed by atoms with Crippen molar-refractivity contribution >= 4 is 5.95 Å². The van der Waals surface area contributed by atoms with Gasteiger partial charge in [0.25, 0.3) is 5.56 Å². The van der Waals surface area contributed by atoms with E-state index >= 15 is 0 Å². The van der Waals surface area contributed by atoms with Gasteiger partial charge in [-0.3, -0.25) is 9.69 Å². The Morgan fingerprint density at radius 1 is 1.15 bits per heavy atom. The van der Waals surface area contributed by atoms with Crippen LogP contribution in [-0.4, -0.2) is 64.2 Å². The fourth-order valence-corrected chi connectivity index (χ4v) is 3.66. The Bertz CT molecular complexity index is 772. The van der Waals surface area contributed by atoms with Crippen LogP contribution in [-0.2, 0) is 11.3 Å². The van der Waals surface area contributed by atoms with Gasteiger partial charge < -0.3 is 14.6 Å². The summed E-state index contributed by atoms with van der Waals surface area (Å²) < 4.78 is 5.37. The quantitative estimate of drug-likeness (QED) is 0.866. The molecule has 0 radical (unpaired) electrons. The molecule has 26 heavy (non-hydrogen) atoms. The molecule has 138 valence electrons. The van der Waals surface area contributed by atoms with Crippen LogP contribution in [0.2, 0.25) is 0 Å². The molecule has 1 atom stereocenters. The summed E-state index contributed by atoms with van der Waals surface area (Å²) in [6.07, 6.45) is 7.51. The first kappa shape index (κ1) is 17.1. The molecule has 2 aliphatic heterocycles. The van der Waals surface area contributed by atoms with E-state index in [1.54, 1.807) is 6.07 Å². The van der Waals surface area contributed by atoms with Crippen molar-refractivity contribution < 1.29 is 4.74 Å². The molecule has 0 saturated carbocycles. The molecule has 0 aliphatic carbocycles. The van der Waals surface area contributed by atoms with Crippen molar-refractivity contribution in [3.05, 3.63) is 46.4 Å². The maximum Gasteiger partial charge on any atom is 0.250 e. The molecular formula is C18H24N6O2. The second kappa shape index (κ2) is 7.92. The number of nitrogens with zero attached hydrogens (tertiary/aromatic N) is 5. The van der Waals surface area contributed by atoms with Gasteiger partial charge in [0, 0.05) is 56.1 Å². The van der Waals surface area contributed by atoms with E-state index in [-0.39, 0.29) is 5.56 Å². The van der Waals surface area contributed by atoms with Gasteiger partial charge in [-0.05, 0) is 19.4 Å². The number of nitrogens with one attached hydrogen (secondary N) is 1. The predicted octanol–water partition coefficient (Wildman–Crippen LogP) is 0.776. The summed E-state index contributed by atoms with van der Waals surface area (Å²) in [7, 11) is 0. The first-order valence-corrected chi connectivity index (χ1v) is 9.18. The van der Waals surface area contributed by atoms with E-state index in [2.05, 4.69) is 29.7 Å². The number of hydrogen-bond acceptors (Lipinski definition) is 7. The highest BCUT2D eigenvalue weighted by Crippen LogP contribution is 2.25. The molecule has 2 aromatic heterocycles. The van der Waals surface area contributed by atoms with Gasteiger partial charge >= 0.3 is 0 Å². The first-order chi connectivity index (χ1) is 12.8. The van der Waals surface area contributed by atoms with Crippen LogP contribution in [0.1, 0.15) is 30.0 Å². The van der Waals surface area contributed by atoms with Crippen LogP contribution in [0.25, 0.3) is 0 Å². The number of piperidine rings is 1. The van der Waals surface area contributed by atoms with Crippen LogP contribution in [0.3, 0.4) is 0 Å². The third-order valence-corrected chi connectivity index (χ3v) is 5.01. The lowest BCUT2D eigenvalue weighted by molar-refractivity contribution is 0.122. The number of morpholine rings is 1. The van der Waals surface area contributed by atoms with Crippen LogP contribution in [0.4, 0.5) is 5.95 Å². The summed E-state index contributed by atoms with van der Waals surface area (Å²) in [5.41, 5.74) is 1.91. The predicted molar refractivity (Wildman–Crippen MR) is 97.2 cm³/mol. The number of aromatic amines is 1. The lowest BCUT2D eigenvalue weighted by Gasteiger charge is -2.32. The first-order valence-electron chi connectivity index (χ1n) is 9.18. The minimum atomic E-state index is -0.0841. The normalized spacial score (nSPS) is 21.7. The van der Waals surface area contributed by atoms with E-state index in [1.807, 2.05) is 12.4 Å². The molecule has 1 unspecified atom stereocenters. The van der Waals surface area contributed by atoms with Crippen molar-refractivity contribution in [3.8, 4) is 0 Å². The number of ether oxygens (including phenoxy) is 1. The number of H-pyrrole nitrogens is 1. The Kier molecular flexibility index (Phi) is 5.21. The molecule has 0 aromatic carbocycles. The molecule has 2 aliphatic rings. The lowest BCUT2D eigenvalue weighted by Crippen LogP contribution is -2.37. The number of likely N-dealkylation sites (tertiary alicyclic amines) is 1. The molecular weight excluding hydrogens is 332 g/mol. The third kappa shape index (κ3) is 4.08. The topological polar surface area (TPSA) is 87.2 Å². The molecule has 1 N–H and O–H groups in total. The Hall–Kier alpha value is -2.32. The van der Waals surface area contributed by atoms with Crippen molar-refractivity contribution in [2.75, 3.05) is 44.3 Å². The van der Waals surface area contributed by atoms with E-state index in [0.29, 0.717) is 5.92 Å². The molecule has 4 rings (SSSR count). The Morgan fingerprint density at radius 3 is 2.73 bits per heavy atom. The van der Waals surface area contributed by atoms with E-state index in [4.69, 9.17) is 4.74 Å². The van der Waals surface area contributed by atoms with Gasteiger partial charge in [0.1, 0.15) is 0 Å². The Labute approximate surface area is 152 Å². The van der Waals surface area contributed by atoms with E-state index in [0.717, 1.165) is 76.0 Å². The number of aromatic nitrogens is 4. The molecule has 8 heteroatoms. The molecule has 2 saturated heterocycles. The number of rotatable bonds is 4. The Balaban J connectivity index is 1.38. The highest BCUT2D eigenvalue weighted by Gasteiger charge is 2.23. The van der Waals surface area contributed by atoms with Crippen LogP contribution in [0, 0.1) is 0 Å². The summed E-state index contributed by atoms with van der Waals surface area (Å²) in [6.45, 7) is 5.93. The second-order valence-corrected chi connectivity index (χ2v) is 6.90. The van der Waals surface area contributed by atoms with Gasteiger partial charge in [-0.2, -0.15) is 0 Å². The van der Waals surface area contributed by atoms with Gasteiger partial charge in [-0.25, -0.2) is 15.0 Å². The zero-order valence-corrected chi connectivity index (χ0v) is 14.8. The second-order valence-electron chi connectivity index (χ2n) is 6.90. The van der Waals surface area contributed by atoms with Gasteiger partial charge in [0.15, 0.2) is 0 Å². The molecule has 8 nitrogen and oxygen atoms in total. The van der Waals surface area contributed by atoms with E-state index in [9.17, 15) is 4.79 Å².